The number of carbonyl (C=O) groups is 3. The highest BCUT2D eigenvalue weighted by Crippen LogP contribution is 2.18. The maximum absolute atomic E-state index is 12.7. The molecule has 2 N–H and O–H groups in total. The van der Waals surface area contributed by atoms with Crippen molar-refractivity contribution in [2.45, 2.75) is 19.9 Å². The van der Waals surface area contributed by atoms with Crippen LogP contribution < -0.4 is 15.5 Å². The van der Waals surface area contributed by atoms with Crippen LogP contribution in [0.25, 0.3) is 0 Å². The molecule has 2 aromatic rings. The number of hydrogen-bond acceptors (Lipinski definition) is 4. The van der Waals surface area contributed by atoms with Crippen LogP contribution in [0.3, 0.4) is 0 Å². The average molecular weight is 418 g/mol. The number of anilines is 2. The number of rotatable bonds is 6. The van der Waals surface area contributed by atoms with Crippen molar-refractivity contribution in [1.82, 2.24) is 5.32 Å². The molecule has 0 radical (unpaired) electrons. The second-order valence-corrected chi connectivity index (χ2v) is 7.20. The minimum atomic E-state index is -0.726. The van der Waals surface area contributed by atoms with E-state index in [1.807, 2.05) is 13.8 Å². The molecule has 0 heterocycles. The second kappa shape index (κ2) is 9.93. The molecule has 0 fully saturated rings. The molecule has 1 unspecified atom stereocenters. The number of carbonyl (C=O) groups excluding carboxylic acids is 3. The van der Waals surface area contributed by atoms with Gasteiger partial charge in [-0.15, -0.1) is 0 Å². The van der Waals surface area contributed by atoms with E-state index in [1.165, 1.54) is 12.0 Å². The summed E-state index contributed by atoms with van der Waals surface area (Å²) < 4.78 is 4.67. The van der Waals surface area contributed by atoms with Crippen LogP contribution in [-0.4, -0.2) is 38.1 Å². The van der Waals surface area contributed by atoms with Crippen molar-refractivity contribution in [2.75, 3.05) is 24.4 Å². The molecule has 0 bridgehead atoms. The Hall–Kier alpha value is -3.06. The lowest BCUT2D eigenvalue weighted by Gasteiger charge is -2.22. The largest absolute Gasteiger partial charge is 0.452 e. The molecule has 0 aliphatic heterocycles. The lowest BCUT2D eigenvalue weighted by molar-refractivity contribution is -0.118. The maximum Gasteiger partial charge on any atom is 0.413 e. The first kappa shape index (κ1) is 22.2. The molecule has 0 aromatic heterocycles. The van der Waals surface area contributed by atoms with Crippen LogP contribution in [0.15, 0.2) is 48.5 Å². The van der Waals surface area contributed by atoms with Crippen molar-refractivity contribution in [3.05, 3.63) is 59.1 Å². The van der Waals surface area contributed by atoms with Crippen molar-refractivity contribution >= 4 is 40.9 Å². The Morgan fingerprint density at radius 1 is 1.00 bits per heavy atom. The second-order valence-electron chi connectivity index (χ2n) is 6.77. The number of amides is 3. The standard InChI is InChI=1S/C21H24ClN3O4/c1-13(2)18(24-19(26)14-5-7-15(22)8-6-14)20(27)23-16-9-11-17(12-10-16)25(3)21(28)29-4/h5-13,18H,1-4H3,(H,23,27)(H,24,26). The molecule has 29 heavy (non-hydrogen) atoms. The fourth-order valence-corrected chi connectivity index (χ4v) is 2.72. The lowest BCUT2D eigenvalue weighted by atomic mass is 10.0. The van der Waals surface area contributed by atoms with Crippen LogP contribution in [0, 0.1) is 5.92 Å². The van der Waals surface area contributed by atoms with Gasteiger partial charge in [0.05, 0.1) is 7.11 Å². The zero-order valence-corrected chi connectivity index (χ0v) is 17.5. The van der Waals surface area contributed by atoms with E-state index in [-0.39, 0.29) is 17.7 Å². The van der Waals surface area contributed by atoms with Gasteiger partial charge in [0, 0.05) is 29.0 Å². The Bertz CT molecular complexity index is 866. The Balaban J connectivity index is 2.06. The van der Waals surface area contributed by atoms with Crippen molar-refractivity contribution in [3.63, 3.8) is 0 Å². The molecule has 7 nitrogen and oxygen atoms in total. The topological polar surface area (TPSA) is 87.7 Å². The Kier molecular flexibility index (Phi) is 7.61. The number of benzene rings is 2. The molecule has 2 rings (SSSR count). The number of nitrogens with one attached hydrogen (secondary N) is 2. The van der Waals surface area contributed by atoms with E-state index in [1.54, 1.807) is 55.6 Å². The summed E-state index contributed by atoms with van der Waals surface area (Å²) in [4.78, 5) is 38.1. The predicted octanol–water partition coefficient (Wildman–Crippen LogP) is 3.94. The first-order chi connectivity index (χ1) is 13.7. The molecule has 0 aliphatic carbocycles. The van der Waals surface area contributed by atoms with E-state index in [9.17, 15) is 14.4 Å². The van der Waals surface area contributed by atoms with Gasteiger partial charge in [-0.1, -0.05) is 25.4 Å². The van der Waals surface area contributed by atoms with Gasteiger partial charge in [-0.05, 0) is 54.4 Å². The van der Waals surface area contributed by atoms with Crippen molar-refractivity contribution in [3.8, 4) is 0 Å². The normalized spacial score (nSPS) is 11.5. The van der Waals surface area contributed by atoms with Gasteiger partial charge in [0.25, 0.3) is 5.91 Å². The minimum Gasteiger partial charge on any atom is -0.452 e. The Morgan fingerprint density at radius 2 is 1.59 bits per heavy atom. The number of ether oxygens (including phenoxy) is 1. The number of nitrogens with zero attached hydrogens (tertiary/aromatic N) is 1. The predicted molar refractivity (Wildman–Crippen MR) is 113 cm³/mol. The summed E-state index contributed by atoms with van der Waals surface area (Å²) in [5, 5.41) is 6.08. The molecule has 0 saturated heterocycles. The SMILES string of the molecule is COC(=O)N(C)c1ccc(NC(=O)C(NC(=O)c2ccc(Cl)cc2)C(C)C)cc1. The van der Waals surface area contributed by atoms with E-state index in [0.29, 0.717) is 22.0 Å². The monoisotopic (exact) mass is 417 g/mol. The maximum atomic E-state index is 12.7. The highest BCUT2D eigenvalue weighted by atomic mass is 35.5. The van der Waals surface area contributed by atoms with Crippen molar-refractivity contribution in [1.29, 1.82) is 0 Å². The molecule has 2 aromatic carbocycles. The van der Waals surface area contributed by atoms with Gasteiger partial charge in [0.1, 0.15) is 6.04 Å². The lowest BCUT2D eigenvalue weighted by Crippen LogP contribution is -2.47. The molecule has 3 amide bonds. The first-order valence-corrected chi connectivity index (χ1v) is 9.39. The van der Waals surface area contributed by atoms with E-state index >= 15 is 0 Å². The van der Waals surface area contributed by atoms with Gasteiger partial charge in [-0.3, -0.25) is 14.5 Å². The molecule has 154 valence electrons. The quantitative estimate of drug-likeness (QED) is 0.745. The number of methoxy groups -OCH3 is 1. The van der Waals surface area contributed by atoms with E-state index in [0.717, 1.165) is 0 Å². The third kappa shape index (κ3) is 5.96. The summed E-state index contributed by atoms with van der Waals surface area (Å²) in [5.41, 5.74) is 1.58. The highest BCUT2D eigenvalue weighted by Gasteiger charge is 2.25. The Morgan fingerprint density at radius 3 is 2.10 bits per heavy atom. The highest BCUT2D eigenvalue weighted by molar-refractivity contribution is 6.30. The van der Waals surface area contributed by atoms with E-state index < -0.39 is 12.1 Å². The van der Waals surface area contributed by atoms with Gasteiger partial charge >= 0.3 is 6.09 Å². The summed E-state index contributed by atoms with van der Waals surface area (Å²) in [6, 6.07) is 12.4. The molecule has 8 heteroatoms. The Labute approximate surface area is 175 Å². The summed E-state index contributed by atoms with van der Waals surface area (Å²) >= 11 is 5.84. The van der Waals surface area contributed by atoms with E-state index in [2.05, 4.69) is 15.4 Å². The molecular weight excluding hydrogens is 394 g/mol. The molecular formula is C21H24ClN3O4. The first-order valence-electron chi connectivity index (χ1n) is 9.02. The van der Waals surface area contributed by atoms with Crippen LogP contribution in [0.5, 0.6) is 0 Å². The van der Waals surface area contributed by atoms with E-state index in [4.69, 9.17) is 11.6 Å². The minimum absolute atomic E-state index is 0.129. The summed E-state index contributed by atoms with van der Waals surface area (Å²) in [5.74, 6) is -0.821. The average Bonchev–Trinajstić information content (AvgIpc) is 2.71. The van der Waals surface area contributed by atoms with Crippen LogP contribution >= 0.6 is 11.6 Å². The third-order valence-electron chi connectivity index (χ3n) is 4.31. The molecule has 1 atom stereocenters. The zero-order valence-electron chi connectivity index (χ0n) is 16.7. The number of halogens is 1. The van der Waals surface area contributed by atoms with Gasteiger partial charge < -0.3 is 15.4 Å². The van der Waals surface area contributed by atoms with Gasteiger partial charge in [-0.25, -0.2) is 4.79 Å². The molecule has 0 spiro atoms. The molecule has 0 saturated carbocycles. The van der Waals surface area contributed by atoms with Gasteiger partial charge in [-0.2, -0.15) is 0 Å². The third-order valence-corrected chi connectivity index (χ3v) is 4.56. The van der Waals surface area contributed by atoms with Crippen LogP contribution in [0.4, 0.5) is 16.2 Å². The van der Waals surface area contributed by atoms with Crippen LogP contribution in [-0.2, 0) is 9.53 Å². The van der Waals surface area contributed by atoms with Crippen molar-refractivity contribution < 1.29 is 19.1 Å². The van der Waals surface area contributed by atoms with Crippen LogP contribution in [0.2, 0.25) is 5.02 Å². The van der Waals surface area contributed by atoms with Crippen LogP contribution in [0.1, 0.15) is 24.2 Å². The smallest absolute Gasteiger partial charge is 0.413 e. The summed E-state index contributed by atoms with van der Waals surface area (Å²) in [6.45, 7) is 3.70. The molecule has 0 aliphatic rings. The summed E-state index contributed by atoms with van der Waals surface area (Å²) in [6.07, 6.45) is -0.494. The van der Waals surface area contributed by atoms with Gasteiger partial charge in [0.2, 0.25) is 5.91 Å². The number of hydrogen-bond donors (Lipinski definition) is 2. The fraction of sp³-hybridized carbons (Fsp3) is 0.286. The van der Waals surface area contributed by atoms with Crippen molar-refractivity contribution in [2.24, 2.45) is 5.92 Å². The zero-order chi connectivity index (χ0) is 21.6. The summed E-state index contributed by atoms with van der Waals surface area (Å²) in [7, 11) is 2.89. The van der Waals surface area contributed by atoms with Gasteiger partial charge in [0.15, 0.2) is 0 Å². The fourth-order valence-electron chi connectivity index (χ4n) is 2.59.